The SMILES string of the molecule is O=[N+]([O-])c1ccc(-c2csc(NC(=S)N3CCN(c4ccc(Cl)cc4)CC3)n2)cc1. The zero-order chi connectivity index (χ0) is 21.1. The Morgan fingerprint density at radius 3 is 2.40 bits per heavy atom. The first-order chi connectivity index (χ1) is 14.5. The molecule has 2 aromatic carbocycles. The van der Waals surface area contributed by atoms with Crippen LogP contribution in [0, 0.1) is 10.1 Å². The van der Waals surface area contributed by atoms with Crippen LogP contribution in [0.15, 0.2) is 53.9 Å². The number of aromatic nitrogens is 1. The molecule has 0 spiro atoms. The molecule has 0 radical (unpaired) electrons. The van der Waals surface area contributed by atoms with Crippen molar-refractivity contribution in [3.8, 4) is 11.3 Å². The Morgan fingerprint density at radius 2 is 1.77 bits per heavy atom. The van der Waals surface area contributed by atoms with Gasteiger partial charge >= 0.3 is 0 Å². The third-order valence-corrected chi connectivity index (χ3v) is 6.22. The summed E-state index contributed by atoms with van der Waals surface area (Å²) >= 11 is 13.0. The highest BCUT2D eigenvalue weighted by molar-refractivity contribution is 7.80. The molecule has 10 heteroatoms. The molecule has 1 N–H and O–H groups in total. The van der Waals surface area contributed by atoms with Crippen molar-refractivity contribution in [3.05, 3.63) is 69.0 Å². The molecule has 0 unspecified atom stereocenters. The zero-order valence-corrected chi connectivity index (χ0v) is 18.2. The molecule has 1 aliphatic heterocycles. The predicted molar refractivity (Wildman–Crippen MR) is 126 cm³/mol. The molecule has 2 heterocycles. The number of anilines is 2. The number of nitrogens with one attached hydrogen (secondary N) is 1. The van der Waals surface area contributed by atoms with Gasteiger partial charge in [-0.1, -0.05) is 11.6 Å². The number of thiazole rings is 1. The van der Waals surface area contributed by atoms with Gasteiger partial charge in [-0.2, -0.15) is 0 Å². The van der Waals surface area contributed by atoms with E-state index >= 15 is 0 Å². The largest absolute Gasteiger partial charge is 0.368 e. The van der Waals surface area contributed by atoms with E-state index in [-0.39, 0.29) is 5.69 Å². The van der Waals surface area contributed by atoms with Crippen LogP contribution in [0.1, 0.15) is 0 Å². The topological polar surface area (TPSA) is 74.5 Å². The Labute approximate surface area is 188 Å². The highest BCUT2D eigenvalue weighted by atomic mass is 35.5. The number of piperazine rings is 1. The van der Waals surface area contributed by atoms with Crippen molar-refractivity contribution < 1.29 is 4.92 Å². The number of hydrogen-bond acceptors (Lipinski definition) is 6. The van der Waals surface area contributed by atoms with E-state index in [0.29, 0.717) is 10.2 Å². The van der Waals surface area contributed by atoms with E-state index in [4.69, 9.17) is 23.8 Å². The fourth-order valence-electron chi connectivity index (χ4n) is 3.21. The van der Waals surface area contributed by atoms with Crippen LogP contribution >= 0.6 is 35.2 Å². The molecule has 0 aliphatic carbocycles. The quantitative estimate of drug-likeness (QED) is 0.338. The predicted octanol–water partition coefficient (Wildman–Crippen LogP) is 4.89. The average molecular weight is 460 g/mol. The lowest BCUT2D eigenvalue weighted by molar-refractivity contribution is -0.384. The van der Waals surface area contributed by atoms with Crippen molar-refractivity contribution in [2.45, 2.75) is 0 Å². The summed E-state index contributed by atoms with van der Waals surface area (Å²) in [6.07, 6.45) is 0. The molecular weight excluding hydrogens is 442 g/mol. The summed E-state index contributed by atoms with van der Waals surface area (Å²) in [5.74, 6) is 0. The lowest BCUT2D eigenvalue weighted by Gasteiger charge is -2.37. The van der Waals surface area contributed by atoms with Crippen LogP contribution in [0.25, 0.3) is 11.3 Å². The van der Waals surface area contributed by atoms with Gasteiger partial charge in [-0.25, -0.2) is 4.98 Å². The molecular formula is C20H18ClN5O2S2. The maximum Gasteiger partial charge on any atom is 0.269 e. The minimum atomic E-state index is -0.414. The molecule has 154 valence electrons. The molecule has 0 atom stereocenters. The van der Waals surface area contributed by atoms with E-state index in [0.717, 1.165) is 48.1 Å². The van der Waals surface area contributed by atoms with Crippen LogP contribution < -0.4 is 10.2 Å². The van der Waals surface area contributed by atoms with E-state index < -0.39 is 4.92 Å². The lowest BCUT2D eigenvalue weighted by atomic mass is 10.1. The Bertz CT molecular complexity index is 1050. The van der Waals surface area contributed by atoms with Crippen molar-refractivity contribution in [1.29, 1.82) is 0 Å². The summed E-state index contributed by atoms with van der Waals surface area (Å²) < 4.78 is 0. The number of halogens is 1. The van der Waals surface area contributed by atoms with Crippen LogP contribution in [0.2, 0.25) is 5.02 Å². The summed E-state index contributed by atoms with van der Waals surface area (Å²) in [7, 11) is 0. The molecule has 4 rings (SSSR count). The van der Waals surface area contributed by atoms with Gasteiger partial charge in [0.1, 0.15) is 0 Å². The molecule has 3 aromatic rings. The molecule has 1 aromatic heterocycles. The van der Waals surface area contributed by atoms with E-state index in [2.05, 4.69) is 20.1 Å². The summed E-state index contributed by atoms with van der Waals surface area (Å²) in [4.78, 5) is 19.4. The number of nitro benzene ring substituents is 1. The average Bonchev–Trinajstić information content (AvgIpc) is 3.23. The monoisotopic (exact) mass is 459 g/mol. The second-order valence-corrected chi connectivity index (χ2v) is 8.40. The van der Waals surface area contributed by atoms with Crippen LogP contribution in [0.3, 0.4) is 0 Å². The summed E-state index contributed by atoms with van der Waals surface area (Å²) in [6.45, 7) is 3.37. The van der Waals surface area contributed by atoms with Crippen molar-refractivity contribution >= 4 is 56.8 Å². The maximum absolute atomic E-state index is 10.8. The number of non-ortho nitro benzene ring substituents is 1. The molecule has 0 bridgehead atoms. The summed E-state index contributed by atoms with van der Waals surface area (Å²) in [6, 6.07) is 14.2. The minimum absolute atomic E-state index is 0.0613. The molecule has 7 nitrogen and oxygen atoms in total. The van der Waals surface area contributed by atoms with E-state index in [1.807, 2.05) is 29.6 Å². The van der Waals surface area contributed by atoms with Gasteiger partial charge in [0.15, 0.2) is 10.2 Å². The van der Waals surface area contributed by atoms with Crippen LogP contribution in [-0.2, 0) is 0 Å². The lowest BCUT2D eigenvalue weighted by Crippen LogP contribution is -2.50. The van der Waals surface area contributed by atoms with Gasteiger partial charge in [-0.05, 0) is 48.6 Å². The normalized spacial score (nSPS) is 13.9. The molecule has 1 fully saturated rings. The minimum Gasteiger partial charge on any atom is -0.368 e. The molecule has 1 aliphatic rings. The standard InChI is InChI=1S/C20H18ClN5O2S2/c21-15-3-7-16(8-4-15)24-9-11-25(12-10-24)20(29)23-19-22-18(13-30-19)14-1-5-17(6-2-14)26(27)28/h1-8,13H,9-12H2,(H,22,23,29). The molecule has 0 amide bonds. The molecule has 1 saturated heterocycles. The Balaban J connectivity index is 1.33. The highest BCUT2D eigenvalue weighted by Gasteiger charge is 2.20. The Hall–Kier alpha value is -2.75. The van der Waals surface area contributed by atoms with E-state index in [1.54, 1.807) is 12.1 Å². The number of nitrogens with zero attached hydrogens (tertiary/aromatic N) is 4. The first-order valence-corrected chi connectivity index (χ1v) is 10.9. The smallest absolute Gasteiger partial charge is 0.269 e. The van der Waals surface area contributed by atoms with Crippen molar-refractivity contribution in [2.24, 2.45) is 0 Å². The number of rotatable bonds is 4. The van der Waals surface area contributed by atoms with E-state index in [9.17, 15) is 10.1 Å². The highest BCUT2D eigenvalue weighted by Crippen LogP contribution is 2.27. The fraction of sp³-hybridized carbons (Fsp3) is 0.200. The van der Waals surface area contributed by atoms with Gasteiger partial charge < -0.3 is 15.1 Å². The molecule has 30 heavy (non-hydrogen) atoms. The van der Waals surface area contributed by atoms with Gasteiger partial charge in [0, 0.05) is 60.0 Å². The number of nitro groups is 1. The Morgan fingerprint density at radius 1 is 1.10 bits per heavy atom. The summed E-state index contributed by atoms with van der Waals surface area (Å²) in [5.41, 5.74) is 2.80. The van der Waals surface area contributed by atoms with Gasteiger partial charge in [0.05, 0.1) is 10.6 Å². The van der Waals surface area contributed by atoms with Crippen molar-refractivity contribution in [2.75, 3.05) is 36.4 Å². The third kappa shape index (κ3) is 4.69. The van der Waals surface area contributed by atoms with Crippen LogP contribution in [0.5, 0.6) is 0 Å². The third-order valence-electron chi connectivity index (χ3n) is 4.85. The van der Waals surface area contributed by atoms with Crippen molar-refractivity contribution in [1.82, 2.24) is 9.88 Å². The van der Waals surface area contributed by atoms with Gasteiger partial charge in [-0.3, -0.25) is 10.1 Å². The summed E-state index contributed by atoms with van der Waals surface area (Å²) in [5, 5.41) is 18.0. The second-order valence-electron chi connectivity index (χ2n) is 6.72. The first-order valence-electron chi connectivity index (χ1n) is 9.26. The number of hydrogen-bond donors (Lipinski definition) is 1. The van der Waals surface area contributed by atoms with E-state index in [1.165, 1.54) is 23.5 Å². The van der Waals surface area contributed by atoms with Gasteiger partial charge in [0.2, 0.25) is 0 Å². The fourth-order valence-corrected chi connectivity index (χ4v) is 4.40. The van der Waals surface area contributed by atoms with Crippen molar-refractivity contribution in [3.63, 3.8) is 0 Å². The number of benzene rings is 2. The molecule has 0 saturated carbocycles. The maximum atomic E-state index is 10.8. The second kappa shape index (κ2) is 8.95. The zero-order valence-electron chi connectivity index (χ0n) is 15.8. The number of thiocarbonyl (C=S) groups is 1. The Kier molecular flexibility index (Phi) is 6.12. The first kappa shape index (κ1) is 20.5. The van der Waals surface area contributed by atoms with Gasteiger partial charge in [-0.15, -0.1) is 11.3 Å². The van der Waals surface area contributed by atoms with Gasteiger partial charge in [0.25, 0.3) is 5.69 Å². The van der Waals surface area contributed by atoms with Crippen LogP contribution in [0.4, 0.5) is 16.5 Å². The van der Waals surface area contributed by atoms with Crippen LogP contribution in [-0.4, -0.2) is 46.1 Å².